The highest BCUT2D eigenvalue weighted by molar-refractivity contribution is 7.60. The van der Waals surface area contributed by atoms with Gasteiger partial charge < -0.3 is 24.5 Å². The SMILES string of the molecule is O=c1ccn([C@H]2C[C@@H](O)[C@@H](COP(=O)(O)OP(=O)(O)O)O2)c(=O)[nH]1. The van der Waals surface area contributed by atoms with Gasteiger partial charge in [-0.15, -0.1) is 0 Å². The number of phosphoric ester groups is 1. The molecule has 1 aliphatic heterocycles. The summed E-state index contributed by atoms with van der Waals surface area (Å²) in [5.74, 6) is 0. The third-order valence-corrected chi connectivity index (χ3v) is 5.13. The van der Waals surface area contributed by atoms with Crippen molar-refractivity contribution in [2.75, 3.05) is 6.61 Å². The molecule has 0 radical (unpaired) electrons. The molecule has 1 aliphatic rings. The molecule has 24 heavy (non-hydrogen) atoms. The number of aliphatic hydroxyl groups excluding tert-OH is 1. The van der Waals surface area contributed by atoms with Gasteiger partial charge >= 0.3 is 21.3 Å². The second-order valence-corrected chi connectivity index (χ2v) is 7.62. The van der Waals surface area contributed by atoms with Crippen LogP contribution in [0.3, 0.4) is 0 Å². The lowest BCUT2D eigenvalue weighted by Crippen LogP contribution is -2.31. The summed E-state index contributed by atoms with van der Waals surface area (Å²) >= 11 is 0. The number of aromatic amines is 1. The number of nitrogens with zero attached hydrogens (tertiary/aromatic N) is 1. The molecule has 1 aromatic heterocycles. The largest absolute Gasteiger partial charge is 0.481 e. The van der Waals surface area contributed by atoms with E-state index in [-0.39, 0.29) is 6.42 Å². The predicted molar refractivity (Wildman–Crippen MR) is 74.8 cm³/mol. The maximum atomic E-state index is 11.6. The van der Waals surface area contributed by atoms with E-state index in [1.807, 2.05) is 4.98 Å². The monoisotopic (exact) mass is 388 g/mol. The molecule has 0 amide bonds. The van der Waals surface area contributed by atoms with Crippen LogP contribution in [0.5, 0.6) is 0 Å². The molecule has 0 aliphatic carbocycles. The van der Waals surface area contributed by atoms with Gasteiger partial charge in [0, 0.05) is 18.7 Å². The lowest BCUT2D eigenvalue weighted by Gasteiger charge is -2.18. The van der Waals surface area contributed by atoms with E-state index in [1.165, 1.54) is 0 Å². The van der Waals surface area contributed by atoms with E-state index in [0.717, 1.165) is 16.8 Å². The fourth-order valence-corrected chi connectivity index (χ4v) is 3.61. The molecule has 1 unspecified atom stereocenters. The lowest BCUT2D eigenvalue weighted by atomic mass is 10.2. The number of rotatable bonds is 6. The van der Waals surface area contributed by atoms with Crippen LogP contribution >= 0.6 is 15.6 Å². The Kier molecular flexibility index (Phi) is 5.60. The Morgan fingerprint density at radius 2 is 2.00 bits per heavy atom. The topological polar surface area (TPSA) is 198 Å². The smallest absolute Gasteiger partial charge is 0.390 e. The van der Waals surface area contributed by atoms with E-state index in [4.69, 9.17) is 19.4 Å². The normalized spacial score (nSPS) is 27.1. The van der Waals surface area contributed by atoms with E-state index >= 15 is 0 Å². The Balaban J connectivity index is 2.01. The number of phosphoric acid groups is 2. The van der Waals surface area contributed by atoms with Crippen molar-refractivity contribution >= 4 is 15.6 Å². The summed E-state index contributed by atoms with van der Waals surface area (Å²) in [6, 6.07) is 1.07. The van der Waals surface area contributed by atoms with Crippen molar-refractivity contribution < 1.29 is 42.5 Å². The molecule has 4 atom stereocenters. The first-order chi connectivity index (χ1) is 11.0. The highest BCUT2D eigenvalue weighted by Crippen LogP contribution is 2.57. The van der Waals surface area contributed by atoms with Crippen LogP contribution in [0.15, 0.2) is 21.9 Å². The Morgan fingerprint density at radius 1 is 1.33 bits per heavy atom. The molecule has 0 spiro atoms. The molecule has 13 nitrogen and oxygen atoms in total. The van der Waals surface area contributed by atoms with Gasteiger partial charge in [0.1, 0.15) is 12.3 Å². The van der Waals surface area contributed by atoms with Crippen LogP contribution in [-0.2, 0) is 22.7 Å². The molecule has 2 rings (SSSR count). The Morgan fingerprint density at radius 3 is 2.58 bits per heavy atom. The van der Waals surface area contributed by atoms with Crippen molar-refractivity contribution in [1.29, 1.82) is 0 Å². The van der Waals surface area contributed by atoms with Crippen molar-refractivity contribution in [2.45, 2.75) is 24.9 Å². The van der Waals surface area contributed by atoms with E-state index in [1.54, 1.807) is 0 Å². The number of hydrogen-bond donors (Lipinski definition) is 5. The zero-order chi connectivity index (χ0) is 18.1. The van der Waals surface area contributed by atoms with Crippen LogP contribution in [0.4, 0.5) is 0 Å². The number of aromatic nitrogens is 2. The van der Waals surface area contributed by atoms with Crippen LogP contribution in [0.25, 0.3) is 0 Å². The third-order valence-electron chi connectivity index (χ3n) is 2.98. The Hall–Kier alpha value is -1.14. The molecule has 5 N–H and O–H groups in total. The number of hydrogen-bond acceptors (Lipinski definition) is 8. The molecule has 1 fully saturated rings. The van der Waals surface area contributed by atoms with Crippen molar-refractivity contribution in [3.8, 4) is 0 Å². The Labute approximate surface area is 133 Å². The first-order valence-electron chi connectivity index (χ1n) is 6.36. The van der Waals surface area contributed by atoms with Crippen LogP contribution in [0.2, 0.25) is 0 Å². The second-order valence-electron chi connectivity index (χ2n) is 4.79. The summed E-state index contributed by atoms with van der Waals surface area (Å²) in [7, 11) is -10.3. The maximum Gasteiger partial charge on any atom is 0.481 e. The third kappa shape index (κ3) is 5.18. The van der Waals surface area contributed by atoms with Crippen molar-refractivity contribution in [3.05, 3.63) is 33.1 Å². The van der Waals surface area contributed by atoms with Gasteiger partial charge in [0.25, 0.3) is 5.56 Å². The van der Waals surface area contributed by atoms with Gasteiger partial charge in [-0.3, -0.25) is 18.9 Å². The van der Waals surface area contributed by atoms with Gasteiger partial charge in [-0.2, -0.15) is 4.31 Å². The molecule has 0 aromatic carbocycles. The maximum absolute atomic E-state index is 11.6. The average molecular weight is 388 g/mol. The van der Waals surface area contributed by atoms with Gasteiger partial charge in [0.05, 0.1) is 12.7 Å². The molecular weight excluding hydrogens is 374 g/mol. The predicted octanol–water partition coefficient (Wildman–Crippen LogP) is -1.59. The number of aliphatic hydroxyl groups is 1. The van der Waals surface area contributed by atoms with Crippen LogP contribution in [0, 0.1) is 0 Å². The summed E-state index contributed by atoms with van der Waals surface area (Å²) in [5, 5.41) is 9.84. The standard InChI is InChI=1S/C9H14N2O11P2/c12-5-3-8(11-2-1-7(13)10-9(11)14)21-6(5)4-20-24(18,19)22-23(15,16)17/h1-2,5-6,8,12H,3-4H2,(H,18,19)(H,10,13,14)(H2,15,16,17)/t5-,6-,8-/m1/s1. The fourth-order valence-electron chi connectivity index (χ4n) is 2.02. The minimum atomic E-state index is -5.26. The number of H-pyrrole nitrogens is 1. The zero-order valence-electron chi connectivity index (χ0n) is 11.8. The number of ether oxygens (including phenoxy) is 1. The van der Waals surface area contributed by atoms with E-state index in [2.05, 4.69) is 8.83 Å². The molecule has 0 bridgehead atoms. The first kappa shape index (κ1) is 19.2. The van der Waals surface area contributed by atoms with Gasteiger partial charge in [0.15, 0.2) is 0 Å². The first-order valence-corrected chi connectivity index (χ1v) is 9.39. The minimum Gasteiger partial charge on any atom is -0.390 e. The zero-order valence-corrected chi connectivity index (χ0v) is 13.6. The molecule has 1 aromatic rings. The second kappa shape index (κ2) is 7.00. The minimum absolute atomic E-state index is 0.0882. The van der Waals surface area contributed by atoms with Crippen molar-refractivity contribution in [3.63, 3.8) is 0 Å². The van der Waals surface area contributed by atoms with E-state index < -0.39 is 51.9 Å². The summed E-state index contributed by atoms with van der Waals surface area (Å²) in [5.41, 5.74) is -1.40. The van der Waals surface area contributed by atoms with Gasteiger partial charge in [-0.05, 0) is 0 Å². The highest BCUT2D eigenvalue weighted by atomic mass is 31.3. The van der Waals surface area contributed by atoms with Crippen LogP contribution in [0.1, 0.15) is 12.6 Å². The quantitative estimate of drug-likeness (QED) is 0.352. The summed E-state index contributed by atoms with van der Waals surface area (Å²) < 4.78 is 36.1. The van der Waals surface area contributed by atoms with Crippen molar-refractivity contribution in [1.82, 2.24) is 9.55 Å². The molecule has 136 valence electrons. The Bertz CT molecular complexity index is 797. The fraction of sp³-hybridized carbons (Fsp3) is 0.556. The molecular formula is C9H14N2O11P2. The molecule has 2 heterocycles. The molecule has 15 heteroatoms. The summed E-state index contributed by atoms with van der Waals surface area (Å²) in [6.07, 6.45) is -2.29. The van der Waals surface area contributed by atoms with Gasteiger partial charge in [-0.1, -0.05) is 0 Å². The van der Waals surface area contributed by atoms with E-state index in [0.29, 0.717) is 0 Å². The van der Waals surface area contributed by atoms with Crippen LogP contribution < -0.4 is 11.2 Å². The van der Waals surface area contributed by atoms with E-state index in [9.17, 15) is 23.8 Å². The summed E-state index contributed by atoms with van der Waals surface area (Å²) in [4.78, 5) is 50.7. The average Bonchev–Trinajstić information content (AvgIpc) is 2.75. The van der Waals surface area contributed by atoms with Gasteiger partial charge in [0.2, 0.25) is 0 Å². The summed E-state index contributed by atoms with van der Waals surface area (Å²) in [6.45, 7) is -0.733. The molecule has 1 saturated heterocycles. The molecule has 0 saturated carbocycles. The van der Waals surface area contributed by atoms with Gasteiger partial charge in [-0.25, -0.2) is 13.9 Å². The highest BCUT2D eigenvalue weighted by Gasteiger charge is 2.39. The van der Waals surface area contributed by atoms with Crippen LogP contribution in [-0.4, -0.2) is 48.2 Å². The number of nitrogens with one attached hydrogen (secondary N) is 1. The lowest BCUT2D eigenvalue weighted by molar-refractivity contribution is -0.0450. The van der Waals surface area contributed by atoms with Crippen molar-refractivity contribution in [2.24, 2.45) is 0 Å².